The summed E-state index contributed by atoms with van der Waals surface area (Å²) in [6.07, 6.45) is -7.13. The molecule has 0 radical (unpaired) electrons. The average molecular weight is 326 g/mol. The highest BCUT2D eigenvalue weighted by Crippen LogP contribution is 2.54. The Balaban J connectivity index is 0. The van der Waals surface area contributed by atoms with Crippen molar-refractivity contribution < 1.29 is 52.5 Å². The second-order valence-electron chi connectivity index (χ2n) is 2.64. The normalized spacial score (nSPS) is 15.2. The third-order valence-corrected chi connectivity index (χ3v) is 2.34. The molecule has 0 atom stereocenters. The van der Waals surface area contributed by atoms with Crippen LogP contribution in [0.1, 0.15) is 0 Å². The van der Waals surface area contributed by atoms with Crippen molar-refractivity contribution in [2.24, 2.45) is 0 Å². The third kappa shape index (κ3) is 2.80. The molecule has 0 aromatic rings. The molecule has 0 aliphatic heterocycles. The van der Waals surface area contributed by atoms with E-state index in [1.807, 2.05) is 0 Å². The molecule has 0 spiro atoms. The van der Waals surface area contributed by atoms with Crippen LogP contribution in [0.2, 0.25) is 0 Å². The van der Waals surface area contributed by atoms with E-state index in [1.54, 1.807) is 0 Å². The van der Waals surface area contributed by atoms with Gasteiger partial charge >= 0.3 is 56.4 Å². The van der Waals surface area contributed by atoms with E-state index >= 15 is 0 Å². The molecule has 0 amide bonds. The summed E-state index contributed by atoms with van der Waals surface area (Å²) in [6.45, 7) is 0. The molecule has 0 aliphatic carbocycles. The van der Waals surface area contributed by atoms with Gasteiger partial charge in [0.25, 0.3) is 0 Å². The van der Waals surface area contributed by atoms with Crippen molar-refractivity contribution in [3.63, 3.8) is 0 Å². The molecule has 0 aromatic carbocycles. The van der Waals surface area contributed by atoms with E-state index in [-0.39, 0.29) is 23.1 Å². The number of rotatable bonds is 3. The zero-order chi connectivity index (χ0) is 14.5. The summed E-state index contributed by atoms with van der Waals surface area (Å²) in [7, 11) is -7.17. The second kappa shape index (κ2) is 4.86. The minimum Gasteiger partial charge on any atom is -0.281 e. The topological polar surface area (TPSA) is 54.4 Å². The second-order valence-corrected chi connectivity index (χ2v) is 4.10. The van der Waals surface area contributed by atoms with Crippen LogP contribution in [0.15, 0.2) is 0 Å². The van der Waals surface area contributed by atoms with E-state index in [4.69, 9.17) is 4.55 Å². The Morgan fingerprint density at radius 2 is 1.00 bits per heavy atom. The lowest BCUT2D eigenvalue weighted by Crippen LogP contribution is -2.63. The van der Waals surface area contributed by atoms with E-state index in [2.05, 4.69) is 0 Å². The summed E-state index contributed by atoms with van der Waals surface area (Å²) >= 11 is 0. The molecule has 18 heavy (non-hydrogen) atoms. The molecular weight excluding hydrogens is 323 g/mol. The molecule has 0 fully saturated rings. The van der Waals surface area contributed by atoms with Crippen LogP contribution in [-0.2, 0) is 10.1 Å². The molecule has 0 heterocycles. The Labute approximate surface area is 109 Å². The van der Waals surface area contributed by atoms with Crippen molar-refractivity contribution in [1.82, 2.24) is 0 Å². The lowest BCUT2D eigenvalue weighted by atomic mass is 10.1. The summed E-state index contributed by atoms with van der Waals surface area (Å²) in [5.74, 6) is -14.7. The molecule has 0 aliphatic rings. The lowest BCUT2D eigenvalue weighted by molar-refractivity contribution is -0.382. The molecule has 0 rings (SSSR count). The molecule has 0 saturated heterocycles. The van der Waals surface area contributed by atoms with Gasteiger partial charge in [-0.2, -0.15) is 47.9 Å². The highest BCUT2D eigenvalue weighted by atomic mass is 32.2. The van der Waals surface area contributed by atoms with E-state index in [9.17, 15) is 47.9 Å². The fourth-order valence-corrected chi connectivity index (χ4v) is 0.975. The summed E-state index contributed by atoms with van der Waals surface area (Å²) in [5.41, 5.74) is 0. The Hall–Kier alpha value is 0.0462. The minimum atomic E-state index is -7.37. The molecule has 0 aromatic heterocycles. The smallest absolute Gasteiger partial charge is 0.281 e. The van der Waals surface area contributed by atoms with Gasteiger partial charge in [-0.25, -0.2) is 0 Å². The van der Waals surface area contributed by atoms with E-state index in [0.29, 0.717) is 0 Å². The SMILES string of the molecule is O=S(=O)(O)C(F)(F)C(F)(F)C(F)(F)C(F)(F)F.[MgH2]. The first-order chi connectivity index (χ1) is 7.00. The molecule has 1 N–H and O–H groups in total. The number of hydrogen-bond acceptors (Lipinski definition) is 2. The standard InChI is InChI=1S/C4HF9O3S.Mg.2H/c5-1(6,3(9,10)11)2(7,8)4(12,13)17(14,15)16;;;/h(H,14,15,16);;;. The Bertz CT molecular complexity index is 399. The van der Waals surface area contributed by atoms with Crippen LogP contribution in [0.5, 0.6) is 0 Å². The van der Waals surface area contributed by atoms with E-state index in [0.717, 1.165) is 0 Å². The third-order valence-electron chi connectivity index (χ3n) is 1.44. The van der Waals surface area contributed by atoms with E-state index < -0.39 is 33.4 Å². The first-order valence-electron chi connectivity index (χ1n) is 3.17. The van der Waals surface area contributed by atoms with Gasteiger partial charge in [0, 0.05) is 0 Å². The zero-order valence-electron chi connectivity index (χ0n) is 7.07. The maximum Gasteiger partial charge on any atom is 0.460 e. The molecule has 0 unspecified atom stereocenters. The van der Waals surface area contributed by atoms with E-state index in [1.165, 1.54) is 0 Å². The van der Waals surface area contributed by atoms with Gasteiger partial charge in [0.2, 0.25) is 0 Å². The number of halogens is 9. The first kappa shape index (κ1) is 20.4. The Morgan fingerprint density at radius 1 is 0.722 bits per heavy atom. The van der Waals surface area contributed by atoms with Crippen molar-refractivity contribution >= 4 is 33.2 Å². The van der Waals surface area contributed by atoms with Gasteiger partial charge < -0.3 is 0 Å². The predicted molar refractivity (Wildman–Crippen MR) is 41.0 cm³/mol. The van der Waals surface area contributed by atoms with Crippen LogP contribution in [0, 0.1) is 0 Å². The Morgan fingerprint density at radius 3 is 1.17 bits per heavy atom. The quantitative estimate of drug-likeness (QED) is 0.484. The van der Waals surface area contributed by atoms with Crippen LogP contribution in [0.4, 0.5) is 39.5 Å². The summed E-state index contributed by atoms with van der Waals surface area (Å²) in [6, 6.07) is 0. The van der Waals surface area contributed by atoms with Crippen molar-refractivity contribution in [1.29, 1.82) is 0 Å². The number of hydrogen-bond donors (Lipinski definition) is 1. The van der Waals surface area contributed by atoms with Gasteiger partial charge in [-0.05, 0) is 0 Å². The molecule has 3 nitrogen and oxygen atoms in total. The molecular formula is C4H3F9MgO3S. The Kier molecular flexibility index (Phi) is 5.50. The first-order valence-corrected chi connectivity index (χ1v) is 4.61. The highest BCUT2D eigenvalue weighted by molar-refractivity contribution is 7.87. The van der Waals surface area contributed by atoms with Crippen molar-refractivity contribution in [3.8, 4) is 0 Å². The predicted octanol–water partition coefficient (Wildman–Crippen LogP) is 1.38. The van der Waals surface area contributed by atoms with Gasteiger partial charge in [-0.15, -0.1) is 0 Å². The van der Waals surface area contributed by atoms with Crippen LogP contribution in [0.25, 0.3) is 0 Å². The largest absolute Gasteiger partial charge is 0.460 e. The fourth-order valence-electron chi connectivity index (χ4n) is 0.523. The monoisotopic (exact) mass is 326 g/mol. The zero-order valence-corrected chi connectivity index (χ0v) is 7.89. The minimum absolute atomic E-state index is 0. The van der Waals surface area contributed by atoms with Gasteiger partial charge in [0.05, 0.1) is 0 Å². The summed E-state index contributed by atoms with van der Waals surface area (Å²) in [4.78, 5) is 0. The maximum absolute atomic E-state index is 12.2. The number of alkyl halides is 9. The van der Waals surface area contributed by atoms with Crippen molar-refractivity contribution in [2.75, 3.05) is 0 Å². The van der Waals surface area contributed by atoms with Crippen molar-refractivity contribution in [3.05, 3.63) is 0 Å². The maximum atomic E-state index is 12.2. The van der Waals surface area contributed by atoms with Crippen LogP contribution < -0.4 is 0 Å². The molecule has 108 valence electrons. The molecule has 0 saturated carbocycles. The van der Waals surface area contributed by atoms with Crippen LogP contribution in [-0.4, -0.2) is 59.3 Å². The van der Waals surface area contributed by atoms with Crippen LogP contribution >= 0.6 is 0 Å². The van der Waals surface area contributed by atoms with Gasteiger partial charge in [0.15, 0.2) is 0 Å². The van der Waals surface area contributed by atoms with Gasteiger partial charge in [0.1, 0.15) is 0 Å². The van der Waals surface area contributed by atoms with Gasteiger partial charge in [-0.1, -0.05) is 0 Å². The fraction of sp³-hybridized carbons (Fsp3) is 1.00. The van der Waals surface area contributed by atoms with Gasteiger partial charge in [-0.3, -0.25) is 4.55 Å². The summed E-state index contributed by atoms with van der Waals surface area (Å²) < 4.78 is 134. The van der Waals surface area contributed by atoms with Crippen LogP contribution in [0.3, 0.4) is 0 Å². The average Bonchev–Trinajstić information content (AvgIpc) is 1.98. The molecule has 0 bridgehead atoms. The molecule has 14 heteroatoms. The highest BCUT2D eigenvalue weighted by Gasteiger charge is 2.85. The summed E-state index contributed by atoms with van der Waals surface area (Å²) in [5, 5.41) is -7.00. The van der Waals surface area contributed by atoms with Crippen molar-refractivity contribution in [2.45, 2.75) is 23.3 Å². The lowest BCUT2D eigenvalue weighted by Gasteiger charge is -2.31.